The molecular formula is C18H26ClNO3. The maximum absolute atomic E-state index is 11.9. The van der Waals surface area contributed by atoms with Crippen molar-refractivity contribution >= 4 is 23.4 Å². The minimum Gasteiger partial charge on any atom is -0.493 e. The van der Waals surface area contributed by atoms with Gasteiger partial charge in [-0.25, -0.2) is 4.79 Å². The van der Waals surface area contributed by atoms with Gasteiger partial charge in [0.25, 0.3) is 0 Å². The third-order valence-corrected chi connectivity index (χ3v) is 4.45. The van der Waals surface area contributed by atoms with Gasteiger partial charge in [0.1, 0.15) is 11.3 Å². The van der Waals surface area contributed by atoms with Crippen LogP contribution in [0.2, 0.25) is 0 Å². The second kappa shape index (κ2) is 8.37. The lowest BCUT2D eigenvalue weighted by Crippen LogP contribution is -2.26. The molecule has 0 aliphatic heterocycles. The Morgan fingerprint density at radius 3 is 2.48 bits per heavy atom. The number of fused-ring (bicyclic) bond motifs is 1. The molecule has 0 saturated carbocycles. The molecule has 1 heterocycles. The van der Waals surface area contributed by atoms with Crippen molar-refractivity contribution < 1.29 is 9.15 Å². The first-order valence-corrected chi connectivity index (χ1v) is 7.83. The van der Waals surface area contributed by atoms with Gasteiger partial charge in [0, 0.05) is 22.6 Å². The molecule has 0 fully saturated rings. The lowest BCUT2D eigenvalue weighted by Gasteiger charge is -2.16. The van der Waals surface area contributed by atoms with Gasteiger partial charge in [0.2, 0.25) is 0 Å². The highest BCUT2D eigenvalue weighted by molar-refractivity contribution is 5.85. The predicted molar refractivity (Wildman–Crippen MR) is 97.2 cm³/mol. The summed E-state index contributed by atoms with van der Waals surface area (Å²) in [5.41, 5.74) is 2.88. The van der Waals surface area contributed by atoms with Crippen molar-refractivity contribution in [3.8, 4) is 5.75 Å². The summed E-state index contributed by atoms with van der Waals surface area (Å²) in [7, 11) is 1.97. The molecule has 2 rings (SSSR count). The molecule has 0 radical (unpaired) electrons. The lowest BCUT2D eigenvalue weighted by molar-refractivity contribution is 0.285. The van der Waals surface area contributed by atoms with Crippen molar-refractivity contribution in [1.29, 1.82) is 0 Å². The molecule has 2 aromatic rings. The molecular weight excluding hydrogens is 314 g/mol. The van der Waals surface area contributed by atoms with Crippen LogP contribution in [0.5, 0.6) is 5.75 Å². The van der Waals surface area contributed by atoms with Crippen LogP contribution in [0.25, 0.3) is 11.0 Å². The number of benzene rings is 1. The molecule has 1 atom stereocenters. The number of aryl methyl sites for hydroxylation is 2. The van der Waals surface area contributed by atoms with Crippen molar-refractivity contribution in [1.82, 2.24) is 5.32 Å². The standard InChI is InChI=1S/C18H25NO3.ClH/c1-6-14(19-5)9-10-21-16-8-7-15-11(2)12(3)18(20)22-17(15)13(16)4;/h7-8,14,19H,6,9-10H2,1-5H3;1H/t14-;/m0./s1. The first kappa shape index (κ1) is 19.5. The normalized spacial score (nSPS) is 12.0. The maximum Gasteiger partial charge on any atom is 0.339 e. The van der Waals surface area contributed by atoms with Gasteiger partial charge in [-0.2, -0.15) is 0 Å². The van der Waals surface area contributed by atoms with E-state index in [0.29, 0.717) is 23.8 Å². The zero-order chi connectivity index (χ0) is 16.3. The van der Waals surface area contributed by atoms with Gasteiger partial charge in [0.15, 0.2) is 0 Å². The summed E-state index contributed by atoms with van der Waals surface area (Å²) >= 11 is 0. The molecule has 128 valence electrons. The Hall–Kier alpha value is -1.52. The molecule has 0 bridgehead atoms. The molecule has 0 unspecified atom stereocenters. The summed E-state index contributed by atoms with van der Waals surface area (Å²) in [5.74, 6) is 0.782. The fraction of sp³-hybridized carbons (Fsp3) is 0.500. The van der Waals surface area contributed by atoms with E-state index in [4.69, 9.17) is 9.15 Å². The number of hydrogen-bond acceptors (Lipinski definition) is 4. The Labute approximate surface area is 143 Å². The van der Waals surface area contributed by atoms with E-state index >= 15 is 0 Å². The fourth-order valence-electron chi connectivity index (χ4n) is 2.64. The van der Waals surface area contributed by atoms with Gasteiger partial charge in [0.05, 0.1) is 6.61 Å². The van der Waals surface area contributed by atoms with Crippen molar-refractivity contribution in [2.45, 2.75) is 46.6 Å². The summed E-state index contributed by atoms with van der Waals surface area (Å²) in [5, 5.41) is 4.24. The SMILES string of the molecule is CC[C@@H](CCOc1ccc2c(C)c(C)c(=O)oc2c1C)NC.Cl. The molecule has 1 N–H and O–H groups in total. The van der Waals surface area contributed by atoms with Crippen LogP contribution in [0.4, 0.5) is 0 Å². The van der Waals surface area contributed by atoms with E-state index in [1.165, 1.54) is 0 Å². The van der Waals surface area contributed by atoms with E-state index < -0.39 is 0 Å². The molecule has 23 heavy (non-hydrogen) atoms. The Kier molecular flexibility index (Phi) is 7.10. The van der Waals surface area contributed by atoms with Crippen LogP contribution in [0, 0.1) is 20.8 Å². The van der Waals surface area contributed by atoms with Gasteiger partial charge in [-0.15, -0.1) is 12.4 Å². The van der Waals surface area contributed by atoms with Gasteiger partial charge in [-0.05, 0) is 58.4 Å². The number of nitrogens with one attached hydrogen (secondary N) is 1. The van der Waals surface area contributed by atoms with E-state index in [9.17, 15) is 4.79 Å². The van der Waals surface area contributed by atoms with Crippen LogP contribution in [-0.2, 0) is 0 Å². The zero-order valence-electron chi connectivity index (χ0n) is 14.5. The molecule has 0 amide bonds. The van der Waals surface area contributed by atoms with Crippen molar-refractivity contribution in [3.63, 3.8) is 0 Å². The highest BCUT2D eigenvalue weighted by Crippen LogP contribution is 2.29. The van der Waals surface area contributed by atoms with E-state index in [-0.39, 0.29) is 18.0 Å². The zero-order valence-corrected chi connectivity index (χ0v) is 15.3. The third kappa shape index (κ3) is 4.06. The van der Waals surface area contributed by atoms with Gasteiger partial charge < -0.3 is 14.5 Å². The number of halogens is 1. The summed E-state index contributed by atoms with van der Waals surface area (Å²) in [6.07, 6.45) is 2.02. The molecule has 1 aromatic heterocycles. The van der Waals surface area contributed by atoms with Crippen LogP contribution >= 0.6 is 12.4 Å². The highest BCUT2D eigenvalue weighted by atomic mass is 35.5. The Morgan fingerprint density at radius 2 is 1.87 bits per heavy atom. The molecule has 1 aromatic carbocycles. The van der Waals surface area contributed by atoms with Crippen LogP contribution in [0.1, 0.15) is 36.5 Å². The molecule has 4 nitrogen and oxygen atoms in total. The fourth-order valence-corrected chi connectivity index (χ4v) is 2.64. The topological polar surface area (TPSA) is 51.5 Å². The van der Waals surface area contributed by atoms with E-state index in [0.717, 1.165) is 35.1 Å². The summed E-state index contributed by atoms with van der Waals surface area (Å²) in [4.78, 5) is 11.9. The first-order valence-electron chi connectivity index (χ1n) is 7.83. The largest absolute Gasteiger partial charge is 0.493 e. The van der Waals surface area contributed by atoms with Crippen LogP contribution < -0.4 is 15.7 Å². The average molecular weight is 340 g/mol. The quantitative estimate of drug-likeness (QED) is 0.811. The number of rotatable bonds is 6. The summed E-state index contributed by atoms with van der Waals surface area (Å²) in [6.45, 7) is 8.48. The minimum atomic E-state index is -0.272. The van der Waals surface area contributed by atoms with Gasteiger partial charge in [-0.1, -0.05) is 6.92 Å². The smallest absolute Gasteiger partial charge is 0.339 e. The van der Waals surface area contributed by atoms with E-state index in [2.05, 4.69) is 12.2 Å². The number of ether oxygens (including phenoxy) is 1. The van der Waals surface area contributed by atoms with Crippen molar-refractivity contribution in [3.05, 3.63) is 39.2 Å². The summed E-state index contributed by atoms with van der Waals surface area (Å²) in [6, 6.07) is 4.39. The Morgan fingerprint density at radius 1 is 1.17 bits per heavy atom. The van der Waals surface area contributed by atoms with Crippen molar-refractivity contribution in [2.75, 3.05) is 13.7 Å². The molecule has 0 spiro atoms. The number of hydrogen-bond donors (Lipinski definition) is 1. The van der Waals surface area contributed by atoms with Gasteiger partial charge >= 0.3 is 5.63 Å². The van der Waals surface area contributed by atoms with Crippen LogP contribution in [-0.4, -0.2) is 19.7 Å². The third-order valence-electron chi connectivity index (χ3n) is 4.45. The van der Waals surface area contributed by atoms with Crippen LogP contribution in [0.15, 0.2) is 21.3 Å². The van der Waals surface area contributed by atoms with Crippen molar-refractivity contribution in [2.24, 2.45) is 0 Å². The molecule has 0 aliphatic rings. The monoisotopic (exact) mass is 339 g/mol. The Bertz CT molecular complexity index is 720. The Balaban J connectivity index is 0.00000264. The summed E-state index contributed by atoms with van der Waals surface area (Å²) < 4.78 is 11.4. The maximum atomic E-state index is 11.9. The molecule has 5 heteroatoms. The van der Waals surface area contributed by atoms with Gasteiger partial charge in [-0.3, -0.25) is 0 Å². The van der Waals surface area contributed by atoms with Crippen LogP contribution in [0.3, 0.4) is 0 Å². The van der Waals surface area contributed by atoms with E-state index in [1.807, 2.05) is 33.0 Å². The average Bonchev–Trinajstić information content (AvgIpc) is 2.52. The molecule has 0 aliphatic carbocycles. The second-order valence-electron chi connectivity index (χ2n) is 5.74. The second-order valence-corrected chi connectivity index (χ2v) is 5.74. The minimum absolute atomic E-state index is 0. The predicted octanol–water partition coefficient (Wildman–Crippen LogP) is 3.91. The molecule has 0 saturated heterocycles. The van der Waals surface area contributed by atoms with E-state index in [1.54, 1.807) is 6.92 Å². The lowest BCUT2D eigenvalue weighted by atomic mass is 10.0. The first-order chi connectivity index (χ1) is 10.5. The highest BCUT2D eigenvalue weighted by Gasteiger charge is 2.13.